The molecule has 1 aromatic carbocycles. The van der Waals surface area contributed by atoms with Crippen molar-refractivity contribution in [1.29, 1.82) is 0 Å². The number of hydrogen-bond acceptors (Lipinski definition) is 3. The lowest BCUT2D eigenvalue weighted by atomic mass is 10.0. The Morgan fingerprint density at radius 3 is 2.84 bits per heavy atom. The van der Waals surface area contributed by atoms with Gasteiger partial charge < -0.3 is 10.0 Å². The summed E-state index contributed by atoms with van der Waals surface area (Å²) in [6, 6.07) is 8.16. The largest absolute Gasteiger partial charge is 0.389 e. The van der Waals surface area contributed by atoms with E-state index < -0.39 is 5.60 Å². The van der Waals surface area contributed by atoms with Crippen LogP contribution in [0.2, 0.25) is 0 Å². The van der Waals surface area contributed by atoms with Crippen molar-refractivity contribution in [2.24, 2.45) is 0 Å². The van der Waals surface area contributed by atoms with Gasteiger partial charge >= 0.3 is 0 Å². The summed E-state index contributed by atoms with van der Waals surface area (Å²) >= 11 is 1.70. The van der Waals surface area contributed by atoms with Crippen LogP contribution in [-0.4, -0.2) is 40.9 Å². The molecule has 0 bridgehead atoms. The maximum atomic E-state index is 12.5. The van der Waals surface area contributed by atoms with Gasteiger partial charge in [0.05, 0.1) is 5.60 Å². The fraction of sp³-hybridized carbons (Fsp3) is 0.533. The number of aryl methyl sites for hydroxylation is 1. The van der Waals surface area contributed by atoms with Gasteiger partial charge in [0.2, 0.25) is 5.91 Å². The summed E-state index contributed by atoms with van der Waals surface area (Å²) in [6.07, 6.45) is 1.03. The molecule has 1 aliphatic heterocycles. The molecule has 1 amide bonds. The summed E-state index contributed by atoms with van der Waals surface area (Å²) in [4.78, 5) is 14.2. The fourth-order valence-electron chi connectivity index (χ4n) is 2.46. The molecule has 1 aliphatic rings. The van der Waals surface area contributed by atoms with Gasteiger partial charge in [-0.15, -0.1) is 11.8 Å². The van der Waals surface area contributed by atoms with Crippen LogP contribution in [0.1, 0.15) is 30.2 Å². The molecule has 1 aromatic rings. The predicted octanol–water partition coefficient (Wildman–Crippen LogP) is 2.25. The minimum Gasteiger partial charge on any atom is -0.389 e. The minimum absolute atomic E-state index is 0.0827. The second-order valence-corrected chi connectivity index (χ2v) is 6.92. The van der Waals surface area contributed by atoms with Gasteiger partial charge in [-0.1, -0.05) is 24.3 Å². The Bertz CT molecular complexity index is 467. The zero-order valence-electron chi connectivity index (χ0n) is 11.7. The van der Waals surface area contributed by atoms with Crippen molar-refractivity contribution in [3.8, 4) is 0 Å². The van der Waals surface area contributed by atoms with Gasteiger partial charge in [0.25, 0.3) is 0 Å². The normalized spacial score (nSPS) is 18.8. The number of thioether (sulfide) groups is 1. The second-order valence-electron chi connectivity index (χ2n) is 5.71. The molecule has 0 aromatic heterocycles. The Morgan fingerprint density at radius 1 is 1.47 bits per heavy atom. The van der Waals surface area contributed by atoms with Crippen molar-refractivity contribution in [2.45, 2.75) is 31.1 Å². The molecule has 0 saturated carbocycles. The zero-order valence-corrected chi connectivity index (χ0v) is 12.5. The van der Waals surface area contributed by atoms with Crippen molar-refractivity contribution in [2.75, 3.05) is 19.3 Å². The standard InChI is InChI=1S/C15H21NO2S/c1-15(2,18)10-16(3)14(17)13-12-7-5-4-6-11(12)8-9-19-13/h4-7,13,18H,8-10H2,1-3H3. The molecule has 0 aliphatic carbocycles. The Balaban J connectivity index is 2.17. The molecule has 19 heavy (non-hydrogen) atoms. The van der Waals surface area contributed by atoms with Crippen LogP contribution in [-0.2, 0) is 11.2 Å². The number of amides is 1. The molecule has 2 rings (SSSR count). The summed E-state index contributed by atoms with van der Waals surface area (Å²) in [5.41, 5.74) is 1.55. The van der Waals surface area contributed by atoms with Gasteiger partial charge in [-0.25, -0.2) is 0 Å². The molecular formula is C15H21NO2S. The lowest BCUT2D eigenvalue weighted by Gasteiger charge is -2.31. The number of hydrogen-bond donors (Lipinski definition) is 1. The van der Waals surface area contributed by atoms with Gasteiger partial charge in [-0.05, 0) is 37.1 Å². The van der Waals surface area contributed by atoms with E-state index in [-0.39, 0.29) is 11.2 Å². The van der Waals surface area contributed by atoms with Crippen LogP contribution in [0.4, 0.5) is 0 Å². The van der Waals surface area contributed by atoms with E-state index in [2.05, 4.69) is 6.07 Å². The molecule has 0 spiro atoms. The number of nitrogens with zero attached hydrogens (tertiary/aromatic N) is 1. The van der Waals surface area contributed by atoms with Gasteiger partial charge in [-0.3, -0.25) is 4.79 Å². The predicted molar refractivity (Wildman–Crippen MR) is 79.3 cm³/mol. The molecule has 0 radical (unpaired) electrons. The molecule has 1 heterocycles. The Kier molecular flexibility index (Phi) is 4.21. The van der Waals surface area contributed by atoms with E-state index in [1.165, 1.54) is 5.56 Å². The first-order valence-corrected chi connectivity index (χ1v) is 7.60. The van der Waals surface area contributed by atoms with Crippen LogP contribution in [0, 0.1) is 0 Å². The number of aliphatic hydroxyl groups is 1. The first-order chi connectivity index (χ1) is 8.88. The van der Waals surface area contributed by atoms with Crippen LogP contribution in [0.3, 0.4) is 0 Å². The highest BCUT2D eigenvalue weighted by Gasteiger charge is 2.30. The van der Waals surface area contributed by atoms with Crippen molar-refractivity contribution in [3.63, 3.8) is 0 Å². The van der Waals surface area contributed by atoms with Crippen molar-refractivity contribution < 1.29 is 9.90 Å². The fourth-order valence-corrected chi connectivity index (χ4v) is 3.76. The number of carbonyl (C=O) groups is 1. The molecule has 104 valence electrons. The summed E-state index contributed by atoms with van der Waals surface area (Å²) in [5.74, 6) is 1.06. The molecular weight excluding hydrogens is 258 g/mol. The summed E-state index contributed by atoms with van der Waals surface area (Å²) < 4.78 is 0. The smallest absolute Gasteiger partial charge is 0.240 e. The molecule has 0 fully saturated rings. The van der Waals surface area contributed by atoms with E-state index in [1.54, 1.807) is 37.6 Å². The van der Waals surface area contributed by atoms with E-state index >= 15 is 0 Å². The highest BCUT2D eigenvalue weighted by atomic mass is 32.2. The molecule has 0 saturated heterocycles. The summed E-state index contributed by atoms with van der Waals surface area (Å²) in [5, 5.41) is 9.70. The maximum Gasteiger partial charge on any atom is 0.240 e. The van der Waals surface area contributed by atoms with Gasteiger partial charge in [0.1, 0.15) is 5.25 Å². The first kappa shape index (κ1) is 14.4. The molecule has 3 nitrogen and oxygen atoms in total. The quantitative estimate of drug-likeness (QED) is 0.922. The highest BCUT2D eigenvalue weighted by molar-refractivity contribution is 8.00. The molecule has 1 N–H and O–H groups in total. The molecule has 4 heteroatoms. The third-order valence-corrected chi connectivity index (χ3v) is 4.45. The van der Waals surface area contributed by atoms with E-state index in [9.17, 15) is 9.90 Å². The van der Waals surface area contributed by atoms with Crippen molar-refractivity contribution >= 4 is 17.7 Å². The van der Waals surface area contributed by atoms with Gasteiger partial charge in [-0.2, -0.15) is 0 Å². The summed E-state index contributed by atoms with van der Waals surface area (Å²) in [6.45, 7) is 3.79. The second kappa shape index (κ2) is 5.55. The van der Waals surface area contributed by atoms with Crippen LogP contribution in [0.25, 0.3) is 0 Å². The number of carbonyl (C=O) groups excluding carboxylic acids is 1. The highest BCUT2D eigenvalue weighted by Crippen LogP contribution is 2.37. The van der Waals surface area contributed by atoms with E-state index in [0.717, 1.165) is 17.7 Å². The van der Waals surface area contributed by atoms with Crippen LogP contribution < -0.4 is 0 Å². The number of likely N-dealkylation sites (N-methyl/N-ethyl adjacent to an activating group) is 1. The van der Waals surface area contributed by atoms with Crippen molar-refractivity contribution in [3.05, 3.63) is 35.4 Å². The number of rotatable bonds is 3. The summed E-state index contributed by atoms with van der Waals surface area (Å²) in [7, 11) is 1.76. The van der Waals surface area contributed by atoms with E-state index in [4.69, 9.17) is 0 Å². The number of fused-ring (bicyclic) bond motifs is 1. The Labute approximate surface area is 119 Å². The monoisotopic (exact) mass is 279 g/mol. The Hall–Kier alpha value is -1.00. The topological polar surface area (TPSA) is 40.5 Å². The van der Waals surface area contributed by atoms with Crippen LogP contribution in [0.5, 0.6) is 0 Å². The van der Waals surface area contributed by atoms with Gasteiger partial charge in [0.15, 0.2) is 0 Å². The van der Waals surface area contributed by atoms with Gasteiger partial charge in [0, 0.05) is 13.6 Å². The average Bonchev–Trinajstić information content (AvgIpc) is 2.35. The maximum absolute atomic E-state index is 12.5. The van der Waals surface area contributed by atoms with Crippen LogP contribution in [0.15, 0.2) is 24.3 Å². The lowest BCUT2D eigenvalue weighted by molar-refractivity contribution is -0.132. The lowest BCUT2D eigenvalue weighted by Crippen LogP contribution is -2.41. The third-order valence-electron chi connectivity index (χ3n) is 3.22. The number of benzene rings is 1. The van der Waals surface area contributed by atoms with E-state index in [0.29, 0.717) is 6.54 Å². The Morgan fingerprint density at radius 2 is 2.16 bits per heavy atom. The zero-order chi connectivity index (χ0) is 14.0. The molecule has 1 atom stereocenters. The minimum atomic E-state index is -0.858. The molecule has 1 unspecified atom stereocenters. The average molecular weight is 279 g/mol. The van der Waals surface area contributed by atoms with Crippen molar-refractivity contribution in [1.82, 2.24) is 4.90 Å². The van der Waals surface area contributed by atoms with Crippen LogP contribution >= 0.6 is 11.8 Å². The SMILES string of the molecule is CN(CC(C)(C)O)C(=O)C1SCCc2ccccc21. The third kappa shape index (κ3) is 3.51. The van der Waals surface area contributed by atoms with E-state index in [1.807, 2.05) is 18.2 Å². The first-order valence-electron chi connectivity index (χ1n) is 6.55.